The highest BCUT2D eigenvalue weighted by Crippen LogP contribution is 2.67. The third kappa shape index (κ3) is 4.71. The van der Waals surface area contributed by atoms with Crippen LogP contribution in [0.1, 0.15) is 45.1 Å². The first-order chi connectivity index (χ1) is 18.8. The van der Waals surface area contributed by atoms with Gasteiger partial charge in [-0.15, -0.1) is 0 Å². The van der Waals surface area contributed by atoms with Crippen molar-refractivity contribution >= 4 is 33.4 Å². The molecule has 4 fully saturated rings. The summed E-state index contributed by atoms with van der Waals surface area (Å²) in [5.74, 6) is -2.80. The Kier molecular flexibility index (Phi) is 6.55. The number of hydrogen-bond donors (Lipinski definition) is 2. The van der Waals surface area contributed by atoms with Crippen LogP contribution in [0.3, 0.4) is 0 Å². The van der Waals surface area contributed by atoms with Gasteiger partial charge < -0.3 is 10.6 Å². The minimum Gasteiger partial charge on any atom is -0.366 e. The number of nitrogens with zero attached hydrogens (tertiary/aromatic N) is 2. The van der Waals surface area contributed by atoms with Gasteiger partial charge in [0.25, 0.3) is 5.92 Å². The Hall–Kier alpha value is -2.56. The van der Waals surface area contributed by atoms with Gasteiger partial charge in [0.05, 0.1) is 16.3 Å². The van der Waals surface area contributed by atoms with Gasteiger partial charge in [0.2, 0.25) is 15.9 Å². The second-order valence-electron chi connectivity index (χ2n) is 12.3. The molecule has 0 saturated heterocycles. The van der Waals surface area contributed by atoms with Gasteiger partial charge in [-0.1, -0.05) is 41.9 Å². The number of hydrogen-bond acceptors (Lipinski definition) is 5. The number of carbonyl (C=O) groups is 1. The average Bonchev–Trinajstić information content (AvgIpc) is 3.37. The van der Waals surface area contributed by atoms with E-state index in [1.807, 2.05) is 26.0 Å². The van der Waals surface area contributed by atoms with Crippen LogP contribution in [0.25, 0.3) is 0 Å². The number of benzene rings is 2. The summed E-state index contributed by atoms with van der Waals surface area (Å²) >= 11 is 6.08. The first-order valence-electron chi connectivity index (χ1n) is 13.6. The quantitative estimate of drug-likeness (QED) is 0.422. The van der Waals surface area contributed by atoms with Crippen molar-refractivity contribution in [2.75, 3.05) is 6.54 Å². The predicted octanol–water partition coefficient (Wildman–Crippen LogP) is 4.62. The van der Waals surface area contributed by atoms with Crippen LogP contribution in [-0.2, 0) is 21.4 Å². The minimum atomic E-state index is -3.81. The molecule has 2 aromatic carbocycles. The first kappa shape index (κ1) is 27.6. The number of rotatable bonds is 10. The zero-order valence-corrected chi connectivity index (χ0v) is 24.0. The number of alkyl halides is 2. The Bertz CT molecular complexity index is 1440. The van der Waals surface area contributed by atoms with Gasteiger partial charge in [0.1, 0.15) is 0 Å². The molecule has 40 heavy (non-hydrogen) atoms. The molecule has 1 aliphatic heterocycles. The fraction of sp³-hybridized carbons (Fsp3) is 0.517. The van der Waals surface area contributed by atoms with E-state index in [9.17, 15) is 22.0 Å². The summed E-state index contributed by atoms with van der Waals surface area (Å²) in [4.78, 5) is 17.8. The lowest BCUT2D eigenvalue weighted by Gasteiger charge is -2.71. The number of halogens is 3. The third-order valence-corrected chi connectivity index (χ3v) is 11.3. The molecule has 11 heteroatoms. The topological polar surface area (TPSA) is 90.9 Å². The van der Waals surface area contributed by atoms with Crippen LogP contribution >= 0.6 is 11.6 Å². The maximum absolute atomic E-state index is 14.0. The fourth-order valence-corrected chi connectivity index (χ4v) is 8.52. The summed E-state index contributed by atoms with van der Waals surface area (Å²) in [5, 5.41) is 6.60. The number of amidine groups is 1. The number of aliphatic imine (C=N–C) groups is 1. The van der Waals surface area contributed by atoms with E-state index in [1.165, 1.54) is 0 Å². The number of amides is 1. The highest BCUT2D eigenvalue weighted by Gasteiger charge is 2.70. The van der Waals surface area contributed by atoms with Crippen LogP contribution in [0.2, 0.25) is 5.02 Å². The lowest BCUT2D eigenvalue weighted by Crippen LogP contribution is -2.76. The fourth-order valence-electron chi connectivity index (χ4n) is 6.56. The molecular weight excluding hydrogens is 558 g/mol. The largest absolute Gasteiger partial charge is 0.366 e. The van der Waals surface area contributed by atoms with Gasteiger partial charge >= 0.3 is 0 Å². The summed E-state index contributed by atoms with van der Waals surface area (Å²) in [6.45, 7) is 3.89. The number of nitrogens with one attached hydrogen (secondary N) is 2. The van der Waals surface area contributed by atoms with E-state index >= 15 is 0 Å². The molecule has 1 heterocycles. The van der Waals surface area contributed by atoms with Crippen LogP contribution in [0.4, 0.5) is 8.78 Å². The molecule has 2 N–H and O–H groups in total. The van der Waals surface area contributed by atoms with E-state index < -0.39 is 39.0 Å². The van der Waals surface area contributed by atoms with Crippen molar-refractivity contribution in [2.45, 2.75) is 74.0 Å². The minimum absolute atomic E-state index is 0.0484. The molecule has 4 saturated carbocycles. The molecule has 4 aliphatic carbocycles. The van der Waals surface area contributed by atoms with Gasteiger partial charge in [-0.25, -0.2) is 17.2 Å². The molecule has 5 aliphatic rings. The predicted molar refractivity (Wildman–Crippen MR) is 149 cm³/mol. The van der Waals surface area contributed by atoms with Crippen molar-refractivity contribution in [2.24, 2.45) is 22.7 Å². The SMILES string of the molecule is CC1(C)NC(CC2C3CC2(N(Cc2ccc(Cl)cc2)S(=O)(=O)c2ccccc2)C3)=N[C@H]1C(=O)NC[C@H]1CC1(F)F. The summed E-state index contributed by atoms with van der Waals surface area (Å²) in [7, 11) is -3.81. The molecule has 0 spiro atoms. The van der Waals surface area contributed by atoms with Gasteiger partial charge in [0, 0.05) is 42.4 Å². The molecule has 0 aromatic heterocycles. The summed E-state index contributed by atoms with van der Waals surface area (Å²) < 4.78 is 56.2. The van der Waals surface area contributed by atoms with E-state index in [0.29, 0.717) is 23.2 Å². The normalized spacial score (nSPS) is 31.0. The van der Waals surface area contributed by atoms with Gasteiger partial charge in [-0.2, -0.15) is 4.31 Å². The van der Waals surface area contributed by atoms with Crippen molar-refractivity contribution in [1.29, 1.82) is 0 Å². The van der Waals surface area contributed by atoms with E-state index in [1.54, 1.807) is 46.8 Å². The van der Waals surface area contributed by atoms with E-state index in [2.05, 4.69) is 15.6 Å². The Balaban J connectivity index is 1.22. The summed E-state index contributed by atoms with van der Waals surface area (Å²) in [6.07, 6.45) is 1.86. The molecule has 7 nitrogen and oxygen atoms in total. The van der Waals surface area contributed by atoms with Crippen LogP contribution < -0.4 is 10.6 Å². The van der Waals surface area contributed by atoms with Crippen LogP contribution in [-0.4, -0.2) is 54.1 Å². The highest BCUT2D eigenvalue weighted by atomic mass is 35.5. The van der Waals surface area contributed by atoms with Crippen molar-refractivity contribution < 1.29 is 22.0 Å². The molecular formula is C29H33ClF2N4O3S. The van der Waals surface area contributed by atoms with E-state index in [-0.39, 0.29) is 36.2 Å². The van der Waals surface area contributed by atoms with Crippen molar-refractivity contribution in [3.63, 3.8) is 0 Å². The molecule has 2 bridgehead atoms. The van der Waals surface area contributed by atoms with Gasteiger partial charge in [-0.05, 0) is 68.4 Å². The molecule has 3 atom stereocenters. The molecule has 0 radical (unpaired) electrons. The summed E-state index contributed by atoms with van der Waals surface area (Å²) in [6, 6.07) is 15.0. The zero-order valence-electron chi connectivity index (χ0n) is 22.4. The second kappa shape index (κ2) is 9.49. The lowest BCUT2D eigenvalue weighted by atomic mass is 9.41. The van der Waals surface area contributed by atoms with Crippen LogP contribution in [0, 0.1) is 17.8 Å². The van der Waals surface area contributed by atoms with Crippen molar-refractivity contribution in [3.05, 3.63) is 65.2 Å². The first-order valence-corrected chi connectivity index (χ1v) is 15.5. The molecule has 214 valence electrons. The van der Waals surface area contributed by atoms with Crippen molar-refractivity contribution in [3.8, 4) is 0 Å². The van der Waals surface area contributed by atoms with Crippen LogP contribution in [0.5, 0.6) is 0 Å². The highest BCUT2D eigenvalue weighted by molar-refractivity contribution is 7.89. The molecule has 1 amide bonds. The standard InChI is InChI=1S/C29H33ClF2N4O3S/c1-27(2)25(26(37)33-16-20-15-29(20,31)32)34-24(35-27)12-23-19-13-28(23,14-19)36(17-18-8-10-21(30)11-9-18)40(38,39)22-6-4-3-5-7-22/h3-11,19-20,23,25H,12-17H2,1-2H3,(H,33,37)(H,34,35)/t19?,20-,23?,25+,28?/m1/s1. The number of sulfonamides is 1. The van der Waals surface area contributed by atoms with Crippen molar-refractivity contribution in [1.82, 2.24) is 14.9 Å². The second-order valence-corrected chi connectivity index (χ2v) is 14.6. The Morgan fingerprint density at radius 1 is 1.10 bits per heavy atom. The number of carbonyl (C=O) groups excluding carboxylic acids is 1. The monoisotopic (exact) mass is 590 g/mol. The smallest absolute Gasteiger partial charge is 0.253 e. The summed E-state index contributed by atoms with van der Waals surface area (Å²) in [5.41, 5.74) is -0.389. The van der Waals surface area contributed by atoms with Crippen LogP contribution in [0.15, 0.2) is 64.5 Å². The lowest BCUT2D eigenvalue weighted by molar-refractivity contribution is -0.179. The van der Waals surface area contributed by atoms with Gasteiger partial charge in [-0.3, -0.25) is 9.79 Å². The molecule has 1 unspecified atom stereocenters. The zero-order chi connectivity index (χ0) is 28.5. The maximum atomic E-state index is 14.0. The molecule has 2 aromatic rings. The van der Waals surface area contributed by atoms with Gasteiger partial charge in [0.15, 0.2) is 6.04 Å². The third-order valence-electron chi connectivity index (χ3n) is 9.13. The average molecular weight is 591 g/mol. The van der Waals surface area contributed by atoms with E-state index in [4.69, 9.17) is 11.6 Å². The maximum Gasteiger partial charge on any atom is 0.253 e. The Morgan fingerprint density at radius 2 is 1.75 bits per heavy atom. The van der Waals surface area contributed by atoms with E-state index in [0.717, 1.165) is 18.4 Å². The molecule has 7 rings (SSSR count). The Labute approximate surface area is 238 Å². The Morgan fingerprint density at radius 3 is 2.33 bits per heavy atom.